The van der Waals surface area contributed by atoms with Crippen LogP contribution in [0.4, 0.5) is 0 Å². The molecule has 0 saturated carbocycles. The van der Waals surface area contributed by atoms with E-state index >= 15 is 0 Å². The number of methoxy groups -OCH3 is 1. The van der Waals surface area contributed by atoms with Crippen molar-refractivity contribution < 1.29 is 4.74 Å². The molecular weight excluding hydrogens is 266 g/mol. The molecule has 0 radical (unpaired) electrons. The van der Waals surface area contributed by atoms with Crippen LogP contribution in [0.2, 0.25) is 5.02 Å². The lowest BCUT2D eigenvalue weighted by Crippen LogP contribution is -2.20. The van der Waals surface area contributed by atoms with Crippen molar-refractivity contribution >= 4 is 23.4 Å². The minimum absolute atomic E-state index is 0.262. The lowest BCUT2D eigenvalue weighted by molar-refractivity contribution is 0.404. The van der Waals surface area contributed by atoms with Gasteiger partial charge in [-0.05, 0) is 31.7 Å². The summed E-state index contributed by atoms with van der Waals surface area (Å²) in [5, 5.41) is 4.76. The molecule has 1 aromatic carbocycles. The predicted molar refractivity (Wildman–Crippen MR) is 82.0 cm³/mol. The monoisotopic (exact) mass is 287 g/mol. The van der Waals surface area contributed by atoms with Gasteiger partial charge in [-0.3, -0.25) is 0 Å². The predicted octanol–water partition coefficient (Wildman–Crippen LogP) is 4.14. The maximum atomic E-state index is 6.07. The third-order valence-electron chi connectivity index (χ3n) is 3.04. The van der Waals surface area contributed by atoms with Gasteiger partial charge in [-0.25, -0.2) is 0 Å². The number of rotatable bonds is 7. The molecular formula is C14H22ClNOS. The van der Waals surface area contributed by atoms with Gasteiger partial charge in [0.25, 0.3) is 0 Å². The molecule has 0 saturated heterocycles. The molecule has 0 spiro atoms. The van der Waals surface area contributed by atoms with Gasteiger partial charge in [0.2, 0.25) is 0 Å². The number of hydrogen-bond acceptors (Lipinski definition) is 3. The maximum absolute atomic E-state index is 6.07. The molecule has 2 atom stereocenters. The quantitative estimate of drug-likeness (QED) is 0.814. The van der Waals surface area contributed by atoms with Crippen LogP contribution in [0.15, 0.2) is 18.2 Å². The first-order chi connectivity index (χ1) is 8.62. The van der Waals surface area contributed by atoms with Gasteiger partial charge in [0.1, 0.15) is 5.75 Å². The Balaban J connectivity index is 2.83. The largest absolute Gasteiger partial charge is 0.496 e. The Hall–Kier alpha value is -0.380. The average Bonchev–Trinajstić information content (AvgIpc) is 2.39. The zero-order valence-electron chi connectivity index (χ0n) is 11.5. The second kappa shape index (κ2) is 7.93. The van der Waals surface area contributed by atoms with E-state index < -0.39 is 0 Å². The van der Waals surface area contributed by atoms with Crippen LogP contribution in [0.25, 0.3) is 0 Å². The topological polar surface area (TPSA) is 21.3 Å². The zero-order valence-corrected chi connectivity index (χ0v) is 13.1. The second-order valence-corrected chi connectivity index (χ2v) is 6.19. The standard InChI is InChI=1S/C14H22ClNOS/c1-5-10(2)18-9-13(16-3)12-8-11(15)6-7-14(12)17-4/h6-8,10,13,16H,5,9H2,1-4H3. The van der Waals surface area contributed by atoms with E-state index in [0.717, 1.165) is 22.1 Å². The summed E-state index contributed by atoms with van der Waals surface area (Å²) in [4.78, 5) is 0. The molecule has 0 amide bonds. The maximum Gasteiger partial charge on any atom is 0.123 e. The number of thioether (sulfide) groups is 1. The van der Waals surface area contributed by atoms with Gasteiger partial charge in [-0.15, -0.1) is 0 Å². The Labute approximate surface area is 119 Å². The molecule has 1 aromatic rings. The third kappa shape index (κ3) is 4.38. The highest BCUT2D eigenvalue weighted by atomic mass is 35.5. The van der Waals surface area contributed by atoms with E-state index in [2.05, 4.69) is 19.2 Å². The number of halogens is 1. The first-order valence-corrected chi connectivity index (χ1v) is 7.67. The Morgan fingerprint density at radius 2 is 2.17 bits per heavy atom. The number of nitrogens with one attached hydrogen (secondary N) is 1. The number of ether oxygens (including phenoxy) is 1. The number of benzene rings is 1. The molecule has 0 aliphatic carbocycles. The van der Waals surface area contributed by atoms with E-state index in [0.29, 0.717) is 5.25 Å². The number of hydrogen-bond donors (Lipinski definition) is 1. The van der Waals surface area contributed by atoms with Crippen LogP contribution < -0.4 is 10.1 Å². The van der Waals surface area contributed by atoms with E-state index in [1.807, 2.05) is 37.0 Å². The molecule has 18 heavy (non-hydrogen) atoms. The molecule has 4 heteroatoms. The SMILES string of the molecule is CCC(C)SCC(NC)c1cc(Cl)ccc1OC. The van der Waals surface area contributed by atoms with Gasteiger partial charge in [0.05, 0.1) is 7.11 Å². The fourth-order valence-corrected chi connectivity index (χ4v) is 2.97. The summed E-state index contributed by atoms with van der Waals surface area (Å²) in [5.41, 5.74) is 1.13. The highest BCUT2D eigenvalue weighted by Crippen LogP contribution is 2.31. The second-order valence-electron chi connectivity index (χ2n) is 4.28. The third-order valence-corrected chi connectivity index (χ3v) is 4.70. The van der Waals surface area contributed by atoms with Crippen molar-refractivity contribution in [3.63, 3.8) is 0 Å². The van der Waals surface area contributed by atoms with Gasteiger partial charge < -0.3 is 10.1 Å². The highest BCUT2D eigenvalue weighted by molar-refractivity contribution is 7.99. The first-order valence-electron chi connectivity index (χ1n) is 6.24. The molecule has 1 N–H and O–H groups in total. The molecule has 0 fully saturated rings. The lowest BCUT2D eigenvalue weighted by atomic mass is 10.1. The van der Waals surface area contributed by atoms with E-state index in [4.69, 9.17) is 16.3 Å². The summed E-state index contributed by atoms with van der Waals surface area (Å²) in [6.45, 7) is 4.47. The van der Waals surface area contributed by atoms with Crippen LogP contribution >= 0.6 is 23.4 Å². The fourth-order valence-electron chi connectivity index (χ4n) is 1.68. The lowest BCUT2D eigenvalue weighted by Gasteiger charge is -2.21. The van der Waals surface area contributed by atoms with E-state index in [9.17, 15) is 0 Å². The van der Waals surface area contributed by atoms with Crippen LogP contribution in [-0.2, 0) is 0 Å². The van der Waals surface area contributed by atoms with Crippen LogP contribution in [-0.4, -0.2) is 25.2 Å². The van der Waals surface area contributed by atoms with Gasteiger partial charge in [0.15, 0.2) is 0 Å². The van der Waals surface area contributed by atoms with Crippen molar-refractivity contribution in [1.82, 2.24) is 5.32 Å². The van der Waals surface area contributed by atoms with Crippen LogP contribution in [0.1, 0.15) is 31.9 Å². The summed E-state index contributed by atoms with van der Waals surface area (Å²) < 4.78 is 5.41. The molecule has 0 bridgehead atoms. The summed E-state index contributed by atoms with van der Waals surface area (Å²) in [6, 6.07) is 6.03. The zero-order chi connectivity index (χ0) is 13.5. The molecule has 1 rings (SSSR count). The van der Waals surface area contributed by atoms with Crippen molar-refractivity contribution in [3.8, 4) is 5.75 Å². The average molecular weight is 288 g/mol. The van der Waals surface area contributed by atoms with Gasteiger partial charge in [0, 0.05) is 27.6 Å². The minimum Gasteiger partial charge on any atom is -0.496 e. The normalized spacial score (nSPS) is 14.3. The van der Waals surface area contributed by atoms with E-state index in [1.165, 1.54) is 6.42 Å². The van der Waals surface area contributed by atoms with Crippen molar-refractivity contribution in [2.24, 2.45) is 0 Å². The molecule has 0 aliphatic rings. The first kappa shape index (κ1) is 15.7. The van der Waals surface area contributed by atoms with Crippen LogP contribution in [0, 0.1) is 0 Å². The van der Waals surface area contributed by atoms with Gasteiger partial charge in [-0.1, -0.05) is 25.4 Å². The summed E-state index contributed by atoms with van der Waals surface area (Å²) in [6.07, 6.45) is 1.19. The Bertz CT molecular complexity index is 373. The molecule has 2 unspecified atom stereocenters. The minimum atomic E-state index is 0.262. The molecule has 0 heterocycles. The van der Waals surface area contributed by atoms with Gasteiger partial charge in [-0.2, -0.15) is 11.8 Å². The molecule has 0 aliphatic heterocycles. The van der Waals surface area contributed by atoms with E-state index in [-0.39, 0.29) is 6.04 Å². The highest BCUT2D eigenvalue weighted by Gasteiger charge is 2.16. The Kier molecular flexibility index (Phi) is 6.90. The molecule has 102 valence electrons. The summed E-state index contributed by atoms with van der Waals surface area (Å²) >= 11 is 8.04. The Morgan fingerprint density at radius 3 is 2.72 bits per heavy atom. The molecule has 2 nitrogen and oxygen atoms in total. The van der Waals surface area contributed by atoms with Crippen molar-refractivity contribution in [2.75, 3.05) is 19.9 Å². The van der Waals surface area contributed by atoms with Gasteiger partial charge >= 0.3 is 0 Å². The molecule has 0 aromatic heterocycles. The van der Waals surface area contributed by atoms with Crippen molar-refractivity contribution in [2.45, 2.75) is 31.6 Å². The fraction of sp³-hybridized carbons (Fsp3) is 0.571. The van der Waals surface area contributed by atoms with Crippen LogP contribution in [0.5, 0.6) is 5.75 Å². The Morgan fingerprint density at radius 1 is 1.44 bits per heavy atom. The van der Waals surface area contributed by atoms with E-state index in [1.54, 1.807) is 7.11 Å². The summed E-state index contributed by atoms with van der Waals surface area (Å²) in [5.74, 6) is 1.91. The van der Waals surface area contributed by atoms with Crippen LogP contribution in [0.3, 0.4) is 0 Å². The van der Waals surface area contributed by atoms with Crippen molar-refractivity contribution in [3.05, 3.63) is 28.8 Å². The smallest absolute Gasteiger partial charge is 0.123 e. The van der Waals surface area contributed by atoms with Crippen molar-refractivity contribution in [1.29, 1.82) is 0 Å². The summed E-state index contributed by atoms with van der Waals surface area (Å²) in [7, 11) is 3.67.